The van der Waals surface area contributed by atoms with E-state index in [2.05, 4.69) is 17.1 Å². The van der Waals surface area contributed by atoms with E-state index in [1.54, 1.807) is 13.2 Å². The third kappa shape index (κ3) is 11.5. The molecule has 2 atom stereocenters. The van der Waals surface area contributed by atoms with Crippen LogP contribution in [0.5, 0.6) is 11.5 Å². The predicted octanol–water partition coefficient (Wildman–Crippen LogP) is 1.22. The van der Waals surface area contributed by atoms with Crippen LogP contribution < -0.4 is 14.8 Å². The highest BCUT2D eigenvalue weighted by Gasteiger charge is 2.29. The number of ether oxygens (including phenoxy) is 2. The number of aliphatic hydroxyl groups is 2. The molecule has 1 aliphatic carbocycles. The van der Waals surface area contributed by atoms with Gasteiger partial charge in [-0.25, -0.2) is 9.59 Å². The first-order chi connectivity index (χ1) is 16.9. The maximum absolute atomic E-state index is 12.1. The van der Waals surface area contributed by atoms with E-state index in [4.69, 9.17) is 29.9 Å². The van der Waals surface area contributed by atoms with E-state index in [0.29, 0.717) is 24.1 Å². The van der Waals surface area contributed by atoms with Crippen LogP contribution in [0.25, 0.3) is 6.08 Å². The first kappa shape index (κ1) is 30.9. The lowest BCUT2D eigenvalue weighted by atomic mass is 9.87. The summed E-state index contributed by atoms with van der Waals surface area (Å²) in [6, 6.07) is 6.01. The summed E-state index contributed by atoms with van der Waals surface area (Å²) in [5.41, 5.74) is 0.911. The lowest BCUT2D eigenvalue weighted by Gasteiger charge is -2.26. The molecule has 1 saturated carbocycles. The Hall–Kier alpha value is -3.15. The summed E-state index contributed by atoms with van der Waals surface area (Å²) in [7, 11) is 5.64. The van der Waals surface area contributed by atoms with Crippen molar-refractivity contribution in [2.45, 2.75) is 50.9 Å². The summed E-state index contributed by atoms with van der Waals surface area (Å²) in [5, 5.41) is 35.6. The number of aliphatic carboxylic acids is 2. The number of benzene rings is 1. The minimum absolute atomic E-state index is 0.0326. The molecule has 1 fully saturated rings. The second-order valence-corrected chi connectivity index (χ2v) is 8.93. The lowest BCUT2D eigenvalue weighted by molar-refractivity contribution is -0.165. The van der Waals surface area contributed by atoms with Crippen molar-refractivity contribution in [1.29, 1.82) is 0 Å². The summed E-state index contributed by atoms with van der Waals surface area (Å²) in [5.74, 6) is -1.40. The van der Waals surface area contributed by atoms with Crippen molar-refractivity contribution in [3.05, 3.63) is 29.8 Å². The number of carboxylic acid groups (broad SMARTS) is 2. The molecule has 0 bridgehead atoms. The van der Waals surface area contributed by atoms with Gasteiger partial charge in [-0.2, -0.15) is 0 Å². The zero-order chi connectivity index (χ0) is 27.3. The second kappa shape index (κ2) is 15.8. The summed E-state index contributed by atoms with van der Waals surface area (Å²) < 4.78 is 11.2. The Morgan fingerprint density at radius 3 is 2.14 bits per heavy atom. The molecule has 0 radical (unpaired) electrons. The van der Waals surface area contributed by atoms with Gasteiger partial charge < -0.3 is 40.1 Å². The SMILES string of the molecule is COc1cc(/C=C/C(=O)NC2CCC(C)CC2)ccc1OCCN(C)C.O=C(O)C(O)C(O)C(=O)O. The molecular formula is C25H38N2O9. The van der Waals surface area contributed by atoms with Gasteiger partial charge in [-0.3, -0.25) is 4.79 Å². The van der Waals surface area contributed by atoms with E-state index < -0.39 is 24.1 Å². The number of methoxy groups -OCH3 is 1. The van der Waals surface area contributed by atoms with Crippen molar-refractivity contribution in [2.75, 3.05) is 34.4 Å². The van der Waals surface area contributed by atoms with Crippen LogP contribution >= 0.6 is 0 Å². The van der Waals surface area contributed by atoms with E-state index in [0.717, 1.165) is 30.9 Å². The van der Waals surface area contributed by atoms with Crippen LogP contribution in [0.4, 0.5) is 0 Å². The number of aliphatic hydroxyl groups excluding tert-OH is 2. The molecular weight excluding hydrogens is 472 g/mol. The van der Waals surface area contributed by atoms with Gasteiger partial charge in [-0.1, -0.05) is 13.0 Å². The quantitative estimate of drug-likeness (QED) is 0.273. The van der Waals surface area contributed by atoms with Gasteiger partial charge in [0, 0.05) is 18.7 Å². The molecule has 1 amide bonds. The molecule has 0 heterocycles. The van der Waals surface area contributed by atoms with Gasteiger partial charge in [0.1, 0.15) is 6.61 Å². The topological polar surface area (TPSA) is 166 Å². The predicted molar refractivity (Wildman–Crippen MR) is 133 cm³/mol. The second-order valence-electron chi connectivity index (χ2n) is 8.93. The molecule has 0 aromatic heterocycles. The average molecular weight is 511 g/mol. The Labute approximate surface area is 211 Å². The number of carbonyl (C=O) groups excluding carboxylic acids is 1. The van der Waals surface area contributed by atoms with Gasteiger partial charge in [0.25, 0.3) is 0 Å². The van der Waals surface area contributed by atoms with Crippen LogP contribution in [0.1, 0.15) is 38.2 Å². The molecule has 2 rings (SSSR count). The van der Waals surface area contributed by atoms with E-state index in [9.17, 15) is 14.4 Å². The maximum atomic E-state index is 12.1. The number of nitrogens with zero attached hydrogens (tertiary/aromatic N) is 1. The molecule has 11 nitrogen and oxygen atoms in total. The minimum atomic E-state index is -2.27. The monoisotopic (exact) mass is 510 g/mol. The number of likely N-dealkylation sites (N-methyl/N-ethyl adjacent to an activating group) is 1. The fourth-order valence-corrected chi connectivity index (χ4v) is 3.34. The molecule has 0 spiro atoms. The smallest absolute Gasteiger partial charge is 0.335 e. The lowest BCUT2D eigenvalue weighted by Crippen LogP contribution is -2.39. The van der Waals surface area contributed by atoms with E-state index in [1.165, 1.54) is 12.8 Å². The molecule has 11 heteroatoms. The largest absolute Gasteiger partial charge is 0.493 e. The van der Waals surface area contributed by atoms with Crippen molar-refractivity contribution >= 4 is 23.9 Å². The minimum Gasteiger partial charge on any atom is -0.493 e. The van der Waals surface area contributed by atoms with Gasteiger partial charge in [0.15, 0.2) is 23.7 Å². The van der Waals surface area contributed by atoms with Crippen LogP contribution in [-0.2, 0) is 14.4 Å². The van der Waals surface area contributed by atoms with Crippen LogP contribution in [0.3, 0.4) is 0 Å². The van der Waals surface area contributed by atoms with Gasteiger partial charge in [0.2, 0.25) is 5.91 Å². The Morgan fingerprint density at radius 2 is 1.64 bits per heavy atom. The van der Waals surface area contributed by atoms with E-state index >= 15 is 0 Å². The van der Waals surface area contributed by atoms with Crippen molar-refractivity contribution < 1.29 is 44.3 Å². The third-order valence-corrected chi connectivity index (χ3v) is 5.58. The molecule has 1 aromatic carbocycles. The molecule has 1 aromatic rings. The molecule has 0 aliphatic heterocycles. The Balaban J connectivity index is 0.000000548. The van der Waals surface area contributed by atoms with Crippen molar-refractivity contribution in [1.82, 2.24) is 10.2 Å². The highest BCUT2D eigenvalue weighted by molar-refractivity contribution is 5.92. The number of hydrogen-bond donors (Lipinski definition) is 5. The van der Waals surface area contributed by atoms with Gasteiger partial charge in [0.05, 0.1) is 7.11 Å². The maximum Gasteiger partial charge on any atom is 0.335 e. The fourth-order valence-electron chi connectivity index (χ4n) is 3.34. The van der Waals surface area contributed by atoms with E-state index in [-0.39, 0.29) is 5.91 Å². The summed E-state index contributed by atoms with van der Waals surface area (Å²) in [4.78, 5) is 33.7. The number of hydrogen-bond acceptors (Lipinski definition) is 8. The number of carbonyl (C=O) groups is 3. The summed E-state index contributed by atoms with van der Waals surface area (Å²) >= 11 is 0. The normalized spacial score (nSPS) is 19.1. The van der Waals surface area contributed by atoms with Crippen LogP contribution in [0.2, 0.25) is 0 Å². The Morgan fingerprint density at radius 1 is 1.06 bits per heavy atom. The average Bonchev–Trinajstić information content (AvgIpc) is 2.83. The molecule has 36 heavy (non-hydrogen) atoms. The first-order valence-corrected chi connectivity index (χ1v) is 11.7. The van der Waals surface area contributed by atoms with Crippen molar-refractivity contribution in [2.24, 2.45) is 5.92 Å². The highest BCUT2D eigenvalue weighted by atomic mass is 16.5. The molecule has 0 saturated heterocycles. The number of carboxylic acids is 2. The summed E-state index contributed by atoms with van der Waals surface area (Å²) in [6.07, 6.45) is 3.42. The molecule has 1 aliphatic rings. The molecule has 5 N–H and O–H groups in total. The van der Waals surface area contributed by atoms with Crippen LogP contribution in [-0.4, -0.2) is 95.8 Å². The number of amides is 1. The van der Waals surface area contributed by atoms with Gasteiger partial charge in [-0.15, -0.1) is 0 Å². The first-order valence-electron chi connectivity index (χ1n) is 11.7. The van der Waals surface area contributed by atoms with Crippen LogP contribution in [0.15, 0.2) is 24.3 Å². The van der Waals surface area contributed by atoms with Crippen LogP contribution in [0, 0.1) is 5.92 Å². The molecule has 2 unspecified atom stereocenters. The van der Waals surface area contributed by atoms with Crippen molar-refractivity contribution in [3.8, 4) is 11.5 Å². The fraction of sp³-hybridized carbons (Fsp3) is 0.560. The zero-order valence-corrected chi connectivity index (χ0v) is 21.2. The van der Waals surface area contributed by atoms with Gasteiger partial charge >= 0.3 is 11.9 Å². The third-order valence-electron chi connectivity index (χ3n) is 5.58. The molecule has 202 valence electrons. The van der Waals surface area contributed by atoms with Crippen molar-refractivity contribution in [3.63, 3.8) is 0 Å². The zero-order valence-electron chi connectivity index (χ0n) is 21.2. The summed E-state index contributed by atoms with van der Waals surface area (Å²) in [6.45, 7) is 3.71. The highest BCUT2D eigenvalue weighted by Crippen LogP contribution is 2.28. The van der Waals surface area contributed by atoms with E-state index in [1.807, 2.05) is 38.4 Å². The number of nitrogens with one attached hydrogen (secondary N) is 1. The van der Waals surface area contributed by atoms with Gasteiger partial charge in [-0.05, 0) is 69.5 Å². The number of rotatable bonds is 11. The Bertz CT molecular complexity index is 862. The Kier molecular flexibility index (Phi) is 13.5. The standard InChI is InChI=1S/C21H32N2O3.C4H6O6/c1-16-5-9-18(10-6-16)22-21(24)12-8-17-7-11-19(20(15-17)25-4)26-14-13-23(2)3;5-1(3(7)8)2(6)4(9)10/h7-8,11-12,15-16,18H,5-6,9-10,13-14H2,1-4H3,(H,22,24);1-2,5-6H,(H,7,8)(H,9,10)/b12-8+;.